The van der Waals surface area contributed by atoms with Crippen LogP contribution in [0, 0.1) is 17.6 Å². The first-order valence-electron chi connectivity index (χ1n) is 8.88. The average Bonchev–Trinajstić information content (AvgIpc) is 2.95. The van der Waals surface area contributed by atoms with Crippen LogP contribution in [0.2, 0.25) is 0 Å². The van der Waals surface area contributed by atoms with Crippen molar-refractivity contribution in [3.63, 3.8) is 0 Å². The third-order valence-corrected chi connectivity index (χ3v) is 5.20. The van der Waals surface area contributed by atoms with Crippen molar-refractivity contribution in [2.45, 2.75) is 38.9 Å². The Hall–Kier alpha value is -2.28. The van der Waals surface area contributed by atoms with E-state index in [1.165, 1.54) is 12.1 Å². The minimum absolute atomic E-state index is 0.0484. The zero-order valence-corrected chi connectivity index (χ0v) is 14.8. The zero-order valence-electron chi connectivity index (χ0n) is 14.8. The molecule has 1 amide bonds. The fourth-order valence-electron chi connectivity index (χ4n) is 3.86. The van der Waals surface area contributed by atoms with Gasteiger partial charge >= 0.3 is 0 Å². The summed E-state index contributed by atoms with van der Waals surface area (Å²) in [6, 6.07) is 3.64. The van der Waals surface area contributed by atoms with E-state index in [4.69, 9.17) is 4.74 Å². The molecular weight excluding hydrogens is 340 g/mol. The second kappa shape index (κ2) is 6.46. The fraction of sp³-hybridized carbons (Fsp3) is 0.474. The van der Waals surface area contributed by atoms with Gasteiger partial charge in [0.25, 0.3) is 5.91 Å². The minimum atomic E-state index is -0.576. The van der Waals surface area contributed by atoms with Crippen LogP contribution in [0.15, 0.2) is 18.2 Å². The Morgan fingerprint density at radius 1 is 1.35 bits per heavy atom. The molecule has 1 N–H and O–H groups in total. The topological polar surface area (TPSA) is 58.2 Å². The van der Waals surface area contributed by atoms with Crippen molar-refractivity contribution in [2.24, 2.45) is 5.92 Å². The van der Waals surface area contributed by atoms with E-state index in [1.807, 2.05) is 13.8 Å². The molecule has 4 rings (SSSR count). The van der Waals surface area contributed by atoms with Crippen LogP contribution in [0.1, 0.15) is 47.3 Å². The van der Waals surface area contributed by atoms with E-state index in [-0.39, 0.29) is 24.0 Å². The molecule has 1 fully saturated rings. The lowest BCUT2D eigenvalue weighted by Gasteiger charge is -2.39. The van der Waals surface area contributed by atoms with E-state index >= 15 is 0 Å². The number of nitrogens with one attached hydrogen (secondary N) is 1. The Morgan fingerprint density at radius 3 is 2.85 bits per heavy atom. The van der Waals surface area contributed by atoms with Crippen LogP contribution in [0.25, 0.3) is 0 Å². The number of benzene rings is 1. The summed E-state index contributed by atoms with van der Waals surface area (Å²) in [5.41, 5.74) is 2.76. The van der Waals surface area contributed by atoms with Crippen LogP contribution in [0.5, 0.6) is 0 Å². The van der Waals surface area contributed by atoms with Gasteiger partial charge in [-0.05, 0) is 37.8 Å². The van der Waals surface area contributed by atoms with Crippen molar-refractivity contribution >= 4 is 5.91 Å². The van der Waals surface area contributed by atoms with Gasteiger partial charge in [0, 0.05) is 31.1 Å². The molecule has 0 bridgehead atoms. The van der Waals surface area contributed by atoms with Crippen molar-refractivity contribution in [3.05, 3.63) is 52.3 Å². The van der Waals surface area contributed by atoms with Crippen molar-refractivity contribution in [2.75, 3.05) is 13.1 Å². The molecule has 2 aromatic rings. The van der Waals surface area contributed by atoms with Gasteiger partial charge in [-0.25, -0.2) is 8.78 Å². The Morgan fingerprint density at radius 2 is 2.12 bits per heavy atom. The van der Waals surface area contributed by atoms with Gasteiger partial charge in [-0.3, -0.25) is 9.89 Å². The summed E-state index contributed by atoms with van der Waals surface area (Å²) in [6.45, 7) is 5.03. The molecule has 0 unspecified atom stereocenters. The maximum absolute atomic E-state index is 13.8. The van der Waals surface area contributed by atoms with E-state index in [9.17, 15) is 13.6 Å². The highest BCUT2D eigenvalue weighted by Crippen LogP contribution is 2.32. The number of carbonyl (C=O) groups excluding carboxylic acids is 1. The predicted molar refractivity (Wildman–Crippen MR) is 90.7 cm³/mol. The molecule has 0 radical (unpaired) electrons. The summed E-state index contributed by atoms with van der Waals surface area (Å²) in [7, 11) is 0. The number of likely N-dealkylation sites (tertiary alicyclic amines) is 1. The molecule has 1 saturated heterocycles. The number of amides is 1. The van der Waals surface area contributed by atoms with Gasteiger partial charge in [-0.15, -0.1) is 0 Å². The van der Waals surface area contributed by atoms with Gasteiger partial charge in [0.15, 0.2) is 5.69 Å². The highest BCUT2D eigenvalue weighted by Gasteiger charge is 2.36. The van der Waals surface area contributed by atoms with Gasteiger partial charge in [-0.2, -0.15) is 5.10 Å². The SMILES string of the molecule is C[C@@H]1Cc2c(C(=O)N3CC(Cc4ccc(F)cc4F)C3)n[nH]c2[C@H](C)O1. The molecule has 2 aliphatic rings. The molecule has 1 aromatic carbocycles. The third kappa shape index (κ3) is 3.00. The molecule has 3 heterocycles. The second-order valence-corrected chi connectivity index (χ2v) is 7.27. The maximum atomic E-state index is 13.8. The number of carbonyl (C=O) groups is 1. The van der Waals surface area contributed by atoms with Crippen molar-refractivity contribution in [1.29, 1.82) is 0 Å². The van der Waals surface area contributed by atoms with E-state index in [0.717, 1.165) is 17.3 Å². The number of hydrogen-bond acceptors (Lipinski definition) is 3. The number of H-pyrrole nitrogens is 1. The van der Waals surface area contributed by atoms with Crippen molar-refractivity contribution in [3.8, 4) is 0 Å². The number of nitrogens with zero attached hydrogens (tertiary/aromatic N) is 2. The van der Waals surface area contributed by atoms with Gasteiger partial charge in [-0.1, -0.05) is 6.07 Å². The average molecular weight is 361 g/mol. The van der Waals surface area contributed by atoms with Crippen LogP contribution < -0.4 is 0 Å². The van der Waals surface area contributed by atoms with Crippen LogP contribution in [0.4, 0.5) is 8.78 Å². The molecular formula is C19H21F2N3O2. The Labute approximate surface area is 150 Å². The number of fused-ring (bicyclic) bond motifs is 1. The lowest BCUT2D eigenvalue weighted by molar-refractivity contribution is -0.00709. The van der Waals surface area contributed by atoms with Crippen LogP contribution in [-0.4, -0.2) is 40.2 Å². The van der Waals surface area contributed by atoms with E-state index in [2.05, 4.69) is 10.2 Å². The lowest BCUT2D eigenvalue weighted by Crippen LogP contribution is -2.51. The van der Waals surface area contributed by atoms with Gasteiger partial charge in [0.05, 0.1) is 17.9 Å². The number of ether oxygens (including phenoxy) is 1. The molecule has 5 nitrogen and oxygen atoms in total. The summed E-state index contributed by atoms with van der Waals surface area (Å²) < 4.78 is 32.5. The number of aromatic nitrogens is 2. The Bertz CT molecular complexity index is 845. The molecule has 1 aromatic heterocycles. The van der Waals surface area contributed by atoms with Gasteiger partial charge in [0.2, 0.25) is 0 Å². The summed E-state index contributed by atoms with van der Waals surface area (Å²) in [6.07, 6.45) is 1.10. The van der Waals surface area contributed by atoms with E-state index < -0.39 is 11.6 Å². The molecule has 2 aliphatic heterocycles. The van der Waals surface area contributed by atoms with Crippen LogP contribution >= 0.6 is 0 Å². The molecule has 0 saturated carbocycles. The number of halogens is 2. The number of rotatable bonds is 3. The lowest BCUT2D eigenvalue weighted by atomic mass is 9.91. The summed E-state index contributed by atoms with van der Waals surface area (Å²) in [4.78, 5) is 14.5. The molecule has 26 heavy (non-hydrogen) atoms. The summed E-state index contributed by atoms with van der Waals surface area (Å²) in [5, 5.41) is 7.16. The van der Waals surface area contributed by atoms with Crippen LogP contribution in [0.3, 0.4) is 0 Å². The maximum Gasteiger partial charge on any atom is 0.274 e. The first-order valence-corrected chi connectivity index (χ1v) is 8.88. The highest BCUT2D eigenvalue weighted by molar-refractivity contribution is 5.94. The Kier molecular flexibility index (Phi) is 4.26. The largest absolute Gasteiger partial charge is 0.369 e. The number of hydrogen-bond donors (Lipinski definition) is 1. The number of aromatic amines is 1. The highest BCUT2D eigenvalue weighted by atomic mass is 19.1. The molecule has 7 heteroatoms. The first kappa shape index (κ1) is 17.1. The van der Waals surface area contributed by atoms with Gasteiger partial charge in [0.1, 0.15) is 11.6 Å². The smallest absolute Gasteiger partial charge is 0.274 e. The standard InChI is InChI=1S/C19H21F2N3O2/c1-10-5-15-17(11(2)26-10)22-23-18(15)19(25)24-8-12(9-24)6-13-3-4-14(20)7-16(13)21/h3-4,7,10-12H,5-6,8-9H2,1-2H3,(H,22,23)/t10-,11+/m1/s1. The molecule has 2 atom stereocenters. The predicted octanol–water partition coefficient (Wildman–Crippen LogP) is 3.02. The summed E-state index contributed by atoms with van der Waals surface area (Å²) >= 11 is 0. The van der Waals surface area contributed by atoms with E-state index in [0.29, 0.717) is 37.2 Å². The normalized spacial score (nSPS) is 22.8. The summed E-state index contributed by atoms with van der Waals surface area (Å²) in [5.74, 6) is -1.03. The third-order valence-electron chi connectivity index (χ3n) is 5.20. The second-order valence-electron chi connectivity index (χ2n) is 7.27. The molecule has 138 valence electrons. The Balaban J connectivity index is 1.41. The monoisotopic (exact) mass is 361 g/mol. The van der Waals surface area contributed by atoms with Crippen molar-refractivity contribution < 1.29 is 18.3 Å². The van der Waals surface area contributed by atoms with Crippen LogP contribution in [-0.2, 0) is 17.6 Å². The van der Waals surface area contributed by atoms with Gasteiger partial charge < -0.3 is 9.64 Å². The first-order chi connectivity index (χ1) is 12.4. The van der Waals surface area contributed by atoms with E-state index in [1.54, 1.807) is 4.90 Å². The molecule has 0 spiro atoms. The zero-order chi connectivity index (χ0) is 18.4. The quantitative estimate of drug-likeness (QED) is 0.914. The van der Waals surface area contributed by atoms with Crippen molar-refractivity contribution in [1.82, 2.24) is 15.1 Å². The fourth-order valence-corrected chi connectivity index (χ4v) is 3.86. The molecule has 0 aliphatic carbocycles. The minimum Gasteiger partial charge on any atom is -0.369 e.